The van der Waals surface area contributed by atoms with Crippen LogP contribution >= 0.6 is 0 Å². The van der Waals surface area contributed by atoms with Crippen molar-refractivity contribution in [2.75, 3.05) is 13.7 Å². The maximum absolute atomic E-state index is 10.7. The molecule has 0 aromatic carbocycles. The molecule has 0 aliphatic carbocycles. The first-order valence-corrected chi connectivity index (χ1v) is 3.05. The Labute approximate surface area is 63.9 Å². The average Bonchev–Trinajstić information content (AvgIpc) is 1.88. The number of carboxylic acids is 1. The molecule has 0 saturated carbocycles. The highest BCUT2D eigenvalue weighted by atomic mass is 16.6. The summed E-state index contributed by atoms with van der Waals surface area (Å²) < 4.78 is 8.76. The first-order chi connectivity index (χ1) is 5.13. The molecule has 1 N–H and O–H groups in total. The second kappa shape index (κ2) is 4.68. The third-order valence-electron chi connectivity index (χ3n) is 0.961. The van der Waals surface area contributed by atoms with Crippen LogP contribution in [-0.2, 0) is 19.1 Å². The number of esters is 1. The fourth-order valence-corrected chi connectivity index (χ4v) is 0.516. The van der Waals surface area contributed by atoms with Crippen molar-refractivity contribution in [2.45, 2.75) is 13.0 Å². The van der Waals surface area contributed by atoms with Crippen LogP contribution in [0.25, 0.3) is 0 Å². The van der Waals surface area contributed by atoms with E-state index in [2.05, 4.69) is 9.47 Å². The van der Waals surface area contributed by atoms with Gasteiger partial charge in [0.1, 0.15) is 0 Å². The topological polar surface area (TPSA) is 72.8 Å². The molecule has 5 heteroatoms. The minimum atomic E-state index is -1.50. The average molecular weight is 162 g/mol. The largest absolute Gasteiger partial charge is 0.479 e. The van der Waals surface area contributed by atoms with Crippen LogP contribution in [0.15, 0.2) is 0 Å². The molecule has 0 amide bonds. The monoisotopic (exact) mass is 162 g/mol. The highest BCUT2D eigenvalue weighted by Crippen LogP contribution is 1.93. The summed E-state index contributed by atoms with van der Waals surface area (Å²) in [6.45, 7) is 1.73. The zero-order valence-corrected chi connectivity index (χ0v) is 6.36. The minimum absolute atomic E-state index is 0.145. The van der Waals surface area contributed by atoms with Gasteiger partial charge >= 0.3 is 11.9 Å². The summed E-state index contributed by atoms with van der Waals surface area (Å²) in [5.74, 6) is -2.21. The van der Waals surface area contributed by atoms with Crippen molar-refractivity contribution < 1.29 is 24.2 Å². The van der Waals surface area contributed by atoms with Gasteiger partial charge < -0.3 is 14.6 Å². The van der Waals surface area contributed by atoms with E-state index in [1.807, 2.05) is 0 Å². The van der Waals surface area contributed by atoms with Crippen molar-refractivity contribution in [1.82, 2.24) is 0 Å². The number of carboxylic acid groups (broad SMARTS) is 1. The Kier molecular flexibility index (Phi) is 4.21. The first-order valence-electron chi connectivity index (χ1n) is 3.05. The molecule has 0 radical (unpaired) electrons. The van der Waals surface area contributed by atoms with Crippen molar-refractivity contribution in [3.05, 3.63) is 0 Å². The Bertz CT molecular complexity index is 153. The van der Waals surface area contributed by atoms with E-state index in [1.54, 1.807) is 6.92 Å². The summed E-state index contributed by atoms with van der Waals surface area (Å²) in [4.78, 5) is 20.9. The second-order valence-electron chi connectivity index (χ2n) is 1.71. The Morgan fingerprint density at radius 3 is 2.36 bits per heavy atom. The highest BCUT2D eigenvalue weighted by Gasteiger charge is 2.26. The van der Waals surface area contributed by atoms with Crippen molar-refractivity contribution in [3.63, 3.8) is 0 Å². The van der Waals surface area contributed by atoms with E-state index >= 15 is 0 Å². The van der Waals surface area contributed by atoms with Gasteiger partial charge in [-0.3, -0.25) is 0 Å². The first kappa shape index (κ1) is 9.90. The highest BCUT2D eigenvalue weighted by molar-refractivity contribution is 5.96. The molecule has 0 spiro atoms. The molecule has 0 aliphatic rings. The number of hydrogen-bond donors (Lipinski definition) is 1. The smallest absolute Gasteiger partial charge is 0.347 e. The molecule has 0 aromatic rings. The molecule has 5 nitrogen and oxygen atoms in total. The fourth-order valence-electron chi connectivity index (χ4n) is 0.516. The molecule has 1 atom stereocenters. The van der Waals surface area contributed by atoms with E-state index in [-0.39, 0.29) is 6.61 Å². The molecular formula is C6H10O5. The number of carbonyl (C=O) groups excluding carboxylic acids is 1. The van der Waals surface area contributed by atoms with Gasteiger partial charge in [0.15, 0.2) is 0 Å². The lowest BCUT2D eigenvalue weighted by atomic mass is 10.4. The van der Waals surface area contributed by atoms with Crippen LogP contribution in [0.3, 0.4) is 0 Å². The summed E-state index contributed by atoms with van der Waals surface area (Å²) in [5.41, 5.74) is 0. The van der Waals surface area contributed by atoms with Crippen LogP contribution in [0.2, 0.25) is 0 Å². The number of carbonyl (C=O) groups is 2. The SMILES string of the molecule is CCOC(=O)C(OC)C(=O)O. The summed E-state index contributed by atoms with van der Waals surface area (Å²) in [5, 5.41) is 8.34. The summed E-state index contributed by atoms with van der Waals surface area (Å²) in [6.07, 6.45) is -1.50. The van der Waals surface area contributed by atoms with Gasteiger partial charge in [-0.25, -0.2) is 9.59 Å². The van der Waals surface area contributed by atoms with Gasteiger partial charge in [0.25, 0.3) is 6.10 Å². The van der Waals surface area contributed by atoms with E-state index in [4.69, 9.17) is 5.11 Å². The van der Waals surface area contributed by atoms with Crippen molar-refractivity contribution in [3.8, 4) is 0 Å². The van der Waals surface area contributed by atoms with Gasteiger partial charge in [-0.2, -0.15) is 0 Å². The lowest BCUT2D eigenvalue weighted by molar-refractivity contribution is -0.167. The molecule has 0 aliphatic heterocycles. The molecule has 64 valence electrons. The maximum Gasteiger partial charge on any atom is 0.347 e. The van der Waals surface area contributed by atoms with Crippen LogP contribution in [-0.4, -0.2) is 36.9 Å². The van der Waals surface area contributed by atoms with Crippen molar-refractivity contribution in [1.29, 1.82) is 0 Å². The molecule has 0 bridgehead atoms. The summed E-state index contributed by atoms with van der Waals surface area (Å²) >= 11 is 0. The van der Waals surface area contributed by atoms with E-state index in [0.29, 0.717) is 0 Å². The van der Waals surface area contributed by atoms with Crippen LogP contribution in [0, 0.1) is 0 Å². The Morgan fingerprint density at radius 1 is 1.55 bits per heavy atom. The number of hydrogen-bond acceptors (Lipinski definition) is 4. The normalized spacial score (nSPS) is 12.2. The number of aliphatic carboxylic acids is 1. The zero-order chi connectivity index (χ0) is 8.85. The van der Waals surface area contributed by atoms with Gasteiger partial charge in [-0.05, 0) is 6.92 Å². The van der Waals surface area contributed by atoms with Crippen molar-refractivity contribution in [2.24, 2.45) is 0 Å². The number of ether oxygens (including phenoxy) is 2. The molecule has 0 heterocycles. The van der Waals surface area contributed by atoms with Crippen LogP contribution in [0.4, 0.5) is 0 Å². The van der Waals surface area contributed by atoms with Crippen molar-refractivity contribution >= 4 is 11.9 Å². The minimum Gasteiger partial charge on any atom is -0.479 e. The predicted molar refractivity (Wildman–Crippen MR) is 35.1 cm³/mol. The quantitative estimate of drug-likeness (QED) is 0.451. The van der Waals surface area contributed by atoms with Crippen LogP contribution < -0.4 is 0 Å². The summed E-state index contributed by atoms with van der Waals surface area (Å²) in [6, 6.07) is 0. The Balaban J connectivity index is 4.03. The van der Waals surface area contributed by atoms with Gasteiger partial charge in [0.2, 0.25) is 0 Å². The number of methoxy groups -OCH3 is 1. The van der Waals surface area contributed by atoms with Crippen LogP contribution in [0.1, 0.15) is 6.92 Å². The lowest BCUT2D eigenvalue weighted by Crippen LogP contribution is -2.33. The van der Waals surface area contributed by atoms with E-state index in [1.165, 1.54) is 0 Å². The standard InChI is InChI=1S/C6H10O5/c1-3-11-6(9)4(10-2)5(7)8/h4H,3H2,1-2H3,(H,7,8). The zero-order valence-electron chi connectivity index (χ0n) is 6.36. The van der Waals surface area contributed by atoms with Gasteiger partial charge in [-0.1, -0.05) is 0 Å². The molecular weight excluding hydrogens is 152 g/mol. The van der Waals surface area contributed by atoms with Gasteiger partial charge in [0, 0.05) is 7.11 Å². The molecule has 0 aromatic heterocycles. The third-order valence-corrected chi connectivity index (χ3v) is 0.961. The predicted octanol–water partition coefficient (Wildman–Crippen LogP) is -0.351. The van der Waals surface area contributed by atoms with Crippen LogP contribution in [0.5, 0.6) is 0 Å². The third kappa shape index (κ3) is 2.99. The van der Waals surface area contributed by atoms with E-state index < -0.39 is 18.0 Å². The second-order valence-corrected chi connectivity index (χ2v) is 1.71. The molecule has 1 unspecified atom stereocenters. The Morgan fingerprint density at radius 2 is 2.09 bits per heavy atom. The fraction of sp³-hybridized carbons (Fsp3) is 0.667. The Hall–Kier alpha value is -1.10. The van der Waals surface area contributed by atoms with Gasteiger partial charge in [0.05, 0.1) is 6.61 Å². The molecule has 0 rings (SSSR count). The maximum atomic E-state index is 10.7. The molecule has 0 saturated heterocycles. The lowest BCUT2D eigenvalue weighted by Gasteiger charge is -2.07. The van der Waals surface area contributed by atoms with Gasteiger partial charge in [-0.15, -0.1) is 0 Å². The number of rotatable bonds is 4. The summed E-state index contributed by atoms with van der Waals surface area (Å²) in [7, 11) is 1.13. The molecule has 0 fully saturated rings. The van der Waals surface area contributed by atoms with E-state index in [0.717, 1.165) is 7.11 Å². The molecule has 11 heavy (non-hydrogen) atoms. The van der Waals surface area contributed by atoms with E-state index in [9.17, 15) is 9.59 Å².